The van der Waals surface area contributed by atoms with E-state index in [1.807, 2.05) is 51.1 Å². The van der Waals surface area contributed by atoms with Gasteiger partial charge in [-0.05, 0) is 34.9 Å². The van der Waals surface area contributed by atoms with Gasteiger partial charge in [-0.1, -0.05) is 69.7 Å². The maximum Gasteiger partial charge on any atom is 0.322 e. The van der Waals surface area contributed by atoms with Crippen molar-refractivity contribution in [3.8, 4) is 34.9 Å². The van der Waals surface area contributed by atoms with Crippen molar-refractivity contribution < 1.29 is 28.5 Å². The van der Waals surface area contributed by atoms with E-state index >= 15 is 0 Å². The molecule has 3 unspecified atom stereocenters. The van der Waals surface area contributed by atoms with E-state index in [1.54, 1.807) is 24.3 Å². The number of nitrogens with zero attached hydrogens (tertiary/aromatic N) is 1. The van der Waals surface area contributed by atoms with Gasteiger partial charge in [-0.15, -0.1) is 0 Å². The molecule has 0 saturated heterocycles. The molecule has 8 heteroatoms. The van der Waals surface area contributed by atoms with Crippen LogP contribution in [-0.4, -0.2) is 27.1 Å². The van der Waals surface area contributed by atoms with Crippen molar-refractivity contribution in [1.82, 2.24) is 4.98 Å². The average Bonchev–Trinajstić information content (AvgIpc) is 2.79. The predicted molar refractivity (Wildman–Crippen MR) is 133 cm³/mol. The Kier molecular flexibility index (Phi) is 8.24. The van der Waals surface area contributed by atoms with E-state index in [4.69, 9.17) is 11.4 Å². The van der Waals surface area contributed by atoms with Gasteiger partial charge >= 0.3 is 5.97 Å². The summed E-state index contributed by atoms with van der Waals surface area (Å²) in [5, 5.41) is 10.9. The van der Waals surface area contributed by atoms with Crippen molar-refractivity contribution >= 4 is 14.0 Å². The molecule has 3 rings (SSSR count). The maximum atomic E-state index is 13.7. The Bertz CT molecular complexity index is 1260. The van der Waals surface area contributed by atoms with Crippen molar-refractivity contribution in [3.63, 3.8) is 0 Å². The van der Waals surface area contributed by atoms with Crippen LogP contribution in [0.4, 0.5) is 4.39 Å². The highest BCUT2D eigenvalue weighted by Crippen LogP contribution is 2.49. The number of ether oxygens (including phenoxy) is 1. The second-order valence-electron chi connectivity index (χ2n) is 9.12. The Morgan fingerprint density at radius 1 is 1.14 bits per heavy atom. The van der Waals surface area contributed by atoms with Crippen LogP contribution in [-0.2, 0) is 19.5 Å². The minimum Gasteiger partial charge on any atom is -0.391 e. The molecule has 6 nitrogen and oxygen atoms in total. The van der Waals surface area contributed by atoms with E-state index in [-0.39, 0.29) is 0 Å². The first-order chi connectivity index (χ1) is 16.5. The smallest absolute Gasteiger partial charge is 0.322 e. The molecule has 1 heterocycles. The Balaban J connectivity index is 2.35. The van der Waals surface area contributed by atoms with E-state index in [0.29, 0.717) is 28.1 Å². The quantitative estimate of drug-likeness (QED) is 0.264. The fourth-order valence-electron chi connectivity index (χ4n) is 3.94. The fraction of sp³-hybridized carbons (Fsp3) is 0.259. The minimum absolute atomic E-state index is 0.316. The first kappa shape index (κ1) is 26.3. The molecule has 0 aliphatic carbocycles. The summed E-state index contributed by atoms with van der Waals surface area (Å²) in [5.74, 6) is -1.34. The van der Waals surface area contributed by atoms with E-state index in [9.17, 15) is 23.7 Å². The molecule has 0 fully saturated rings. The third kappa shape index (κ3) is 6.23. The second kappa shape index (κ2) is 11.0. The summed E-state index contributed by atoms with van der Waals surface area (Å²) >= 11 is 0. The molecule has 0 radical (unpaired) electrons. The number of hydrogen-bond acceptors (Lipinski definition) is 5. The first-order valence-corrected chi connectivity index (χ1v) is 12.4. The van der Waals surface area contributed by atoms with Gasteiger partial charge in [0.05, 0.1) is 29.6 Å². The van der Waals surface area contributed by atoms with Crippen LogP contribution < -0.4 is 0 Å². The zero-order valence-corrected chi connectivity index (χ0v) is 20.7. The van der Waals surface area contributed by atoms with Gasteiger partial charge < -0.3 is 14.7 Å². The lowest BCUT2D eigenvalue weighted by molar-refractivity contribution is -0.139. The molecule has 0 spiro atoms. The summed E-state index contributed by atoms with van der Waals surface area (Å²) in [4.78, 5) is 27.2. The number of aromatic nitrogens is 1. The number of pyridine rings is 1. The zero-order valence-electron chi connectivity index (χ0n) is 19.7. The number of halogens is 1. The molecule has 1 aromatic heterocycles. The van der Waals surface area contributed by atoms with Gasteiger partial charge in [0, 0.05) is 11.0 Å². The van der Waals surface area contributed by atoms with Crippen LogP contribution in [0.5, 0.6) is 0 Å². The number of aliphatic hydroxyl groups excluding tert-OH is 1. The number of carbonyl (C=O) groups is 1. The largest absolute Gasteiger partial charge is 0.391 e. The van der Waals surface area contributed by atoms with Gasteiger partial charge in [0.2, 0.25) is 0 Å². The lowest BCUT2D eigenvalue weighted by atomic mass is 9.82. The molecule has 2 aromatic carbocycles. The molecule has 3 aromatic rings. The molecule has 0 saturated carbocycles. The molecule has 0 aliphatic rings. The van der Waals surface area contributed by atoms with Crippen LogP contribution in [0.25, 0.3) is 22.4 Å². The average molecular weight is 495 g/mol. The molecule has 182 valence electrons. The van der Waals surface area contributed by atoms with Gasteiger partial charge in [-0.2, -0.15) is 0 Å². The topological polar surface area (TPSA) is 96.7 Å². The Morgan fingerprint density at radius 3 is 2.31 bits per heavy atom. The molecule has 0 bridgehead atoms. The highest BCUT2D eigenvalue weighted by atomic mass is 31.1. The summed E-state index contributed by atoms with van der Waals surface area (Å²) < 4.78 is 30.9. The number of carbonyl (C=O) groups excluding carboxylic acids is 1. The summed E-state index contributed by atoms with van der Waals surface area (Å²) in [6.45, 7) is 5.69. The summed E-state index contributed by atoms with van der Waals surface area (Å²) in [6.07, 6.45) is 4.58. The van der Waals surface area contributed by atoms with E-state index < -0.39 is 43.4 Å². The van der Waals surface area contributed by atoms with Crippen LogP contribution in [0.15, 0.2) is 60.7 Å². The number of esters is 1. The van der Waals surface area contributed by atoms with E-state index in [0.717, 1.165) is 5.56 Å². The SMILES string of the molecule is C#COC(=O)CC(O)C(c1c(-c2ccc(F)cc2)cc(-c2ccccc2)nc1C(C)(C)C)[PH](=O)O. The van der Waals surface area contributed by atoms with Crippen LogP contribution in [0.2, 0.25) is 0 Å². The molecule has 2 N–H and O–H groups in total. The Labute approximate surface area is 204 Å². The number of hydrogen-bond donors (Lipinski definition) is 2. The van der Waals surface area contributed by atoms with Crippen LogP contribution in [0.3, 0.4) is 0 Å². The molecule has 0 amide bonds. The van der Waals surface area contributed by atoms with Crippen molar-refractivity contribution in [1.29, 1.82) is 0 Å². The zero-order chi connectivity index (χ0) is 25.8. The Morgan fingerprint density at radius 2 is 1.77 bits per heavy atom. The maximum absolute atomic E-state index is 13.7. The van der Waals surface area contributed by atoms with Crippen molar-refractivity contribution in [2.75, 3.05) is 0 Å². The standard InChI is InChI=1S/C27H27FNO5P/c1-5-34-23(31)16-22(30)25(35(32)33)24-20(17-11-13-19(28)14-12-17)15-21(18-9-7-6-8-10-18)29-26(24)27(2,3)4/h1,6-15,22,25,30,35H,16H2,2-4H3,(H,32,33). The summed E-state index contributed by atoms with van der Waals surface area (Å²) in [5.41, 5.74) is 1.32. The van der Waals surface area contributed by atoms with Gasteiger partial charge in [0.1, 0.15) is 11.9 Å². The summed E-state index contributed by atoms with van der Waals surface area (Å²) in [7, 11) is -3.45. The van der Waals surface area contributed by atoms with Crippen molar-refractivity contribution in [2.24, 2.45) is 0 Å². The number of terminal acetylenes is 1. The second-order valence-corrected chi connectivity index (χ2v) is 10.4. The lowest BCUT2D eigenvalue weighted by Crippen LogP contribution is -2.26. The predicted octanol–water partition coefficient (Wildman–Crippen LogP) is 5.25. The summed E-state index contributed by atoms with van der Waals surface area (Å²) in [6, 6.07) is 16.8. The first-order valence-electron chi connectivity index (χ1n) is 11.0. The third-order valence-electron chi connectivity index (χ3n) is 5.50. The molecule has 0 aliphatic heterocycles. The van der Waals surface area contributed by atoms with Crippen LogP contribution in [0.1, 0.15) is 44.1 Å². The van der Waals surface area contributed by atoms with E-state index in [1.165, 1.54) is 12.1 Å². The molecule has 35 heavy (non-hydrogen) atoms. The minimum atomic E-state index is -3.45. The Hall–Kier alpha value is -3.30. The molecular weight excluding hydrogens is 468 g/mol. The van der Waals surface area contributed by atoms with Crippen LogP contribution in [0, 0.1) is 18.3 Å². The van der Waals surface area contributed by atoms with Crippen LogP contribution >= 0.6 is 8.03 Å². The van der Waals surface area contributed by atoms with Gasteiger partial charge in [-0.3, -0.25) is 14.3 Å². The molecule has 3 atom stereocenters. The van der Waals surface area contributed by atoms with Gasteiger partial charge in [-0.25, -0.2) is 4.39 Å². The van der Waals surface area contributed by atoms with Gasteiger partial charge in [0.25, 0.3) is 0 Å². The highest BCUT2D eigenvalue weighted by Gasteiger charge is 2.36. The number of benzene rings is 2. The normalized spacial score (nSPS) is 14.0. The van der Waals surface area contributed by atoms with Crippen molar-refractivity contribution in [2.45, 2.75) is 44.4 Å². The van der Waals surface area contributed by atoms with Gasteiger partial charge in [0.15, 0.2) is 8.03 Å². The number of rotatable bonds is 7. The molecular formula is C27H27FNO5P. The fourth-order valence-corrected chi connectivity index (χ4v) is 4.93. The van der Waals surface area contributed by atoms with Crippen molar-refractivity contribution in [3.05, 3.63) is 77.7 Å². The highest BCUT2D eigenvalue weighted by molar-refractivity contribution is 7.38. The third-order valence-corrected chi connectivity index (χ3v) is 6.71. The monoisotopic (exact) mass is 495 g/mol. The lowest BCUT2D eigenvalue weighted by Gasteiger charge is -2.30. The number of aliphatic hydroxyl groups is 1. The van der Waals surface area contributed by atoms with E-state index in [2.05, 4.69) is 4.74 Å².